The molecule has 2 aromatic carbocycles. The first-order chi connectivity index (χ1) is 28.9. The summed E-state index contributed by atoms with van der Waals surface area (Å²) in [4.78, 5) is 72.6. The summed E-state index contributed by atoms with van der Waals surface area (Å²) in [5.74, 6) is -4.82. The van der Waals surface area contributed by atoms with E-state index >= 15 is 0 Å². The Morgan fingerprint density at radius 2 is 1.35 bits per heavy atom. The topological polar surface area (TPSA) is 263 Å². The predicted octanol–water partition coefficient (Wildman–Crippen LogP) is 0.328. The first-order valence-corrected chi connectivity index (χ1v) is 19.6. The van der Waals surface area contributed by atoms with Gasteiger partial charge < -0.3 is 58.9 Å². The lowest BCUT2D eigenvalue weighted by molar-refractivity contribution is -0.271. The van der Waals surface area contributed by atoms with E-state index in [1.54, 1.807) is 42.5 Å². The number of ether oxygens (including phenoxy) is 7. The number of aliphatic hydroxyl groups excluding tert-OH is 3. The maximum absolute atomic E-state index is 12.5. The minimum atomic E-state index is -1.93. The maximum atomic E-state index is 12.5. The van der Waals surface area contributed by atoms with E-state index < -0.39 is 55.2 Å². The van der Waals surface area contributed by atoms with E-state index in [1.165, 1.54) is 23.1 Å². The number of unbranched alkanes of at least 4 members (excludes halogenated alkanes) is 2. The zero-order chi connectivity index (χ0) is 43.3. The van der Waals surface area contributed by atoms with E-state index in [0.29, 0.717) is 90.4 Å². The van der Waals surface area contributed by atoms with Gasteiger partial charge in [0.25, 0.3) is 11.8 Å². The first kappa shape index (κ1) is 47.4. The van der Waals surface area contributed by atoms with Gasteiger partial charge in [-0.3, -0.25) is 19.3 Å². The molecule has 1 saturated heterocycles. The van der Waals surface area contributed by atoms with Crippen LogP contribution in [-0.4, -0.2) is 144 Å². The molecule has 0 saturated carbocycles. The van der Waals surface area contributed by atoms with Crippen LogP contribution in [0.2, 0.25) is 0 Å². The standard InChI is InChI=1S/C41H52N2O17/c44-31(11-5-2-6-17-43-32(45)14-15-33(43)46)42-16-19-55-21-23-56-22-20-54-18-7-10-27-12-13-30(59-41-36(49)34(47)35(48)37(60-41)38(50)51)29(24-27)26-58-40(53)39(52)57-25-28-8-3-1-4-9-28/h1,3-4,8-9,12-15,24,34-37,41,47-49H,2,5-7,10-11,16-23,25-26H2,(H,42,44)(H,50,51)/t34-,35-,36+,37-,41+/m0/s1. The van der Waals surface area contributed by atoms with Gasteiger partial charge in [0.1, 0.15) is 37.3 Å². The van der Waals surface area contributed by atoms with Gasteiger partial charge in [0.2, 0.25) is 12.2 Å². The highest BCUT2D eigenvalue weighted by Crippen LogP contribution is 2.28. The number of carbonyl (C=O) groups is 6. The van der Waals surface area contributed by atoms with Gasteiger partial charge in [0, 0.05) is 43.8 Å². The molecule has 5 N–H and O–H groups in total. The van der Waals surface area contributed by atoms with Crippen LogP contribution in [0.25, 0.3) is 0 Å². The molecule has 1 fully saturated rings. The average molecular weight is 845 g/mol. The number of carboxylic acids is 1. The van der Waals surface area contributed by atoms with Gasteiger partial charge in [-0.05, 0) is 48.9 Å². The highest BCUT2D eigenvalue weighted by atomic mass is 16.7. The minimum absolute atomic E-state index is 0.0159. The molecule has 328 valence electrons. The number of rotatable bonds is 26. The maximum Gasteiger partial charge on any atom is 0.417 e. The monoisotopic (exact) mass is 844 g/mol. The minimum Gasteiger partial charge on any atom is -0.479 e. The molecule has 19 nitrogen and oxygen atoms in total. The summed E-state index contributed by atoms with van der Waals surface area (Å²) in [6, 6.07) is 13.5. The summed E-state index contributed by atoms with van der Waals surface area (Å²) in [7, 11) is 0. The Morgan fingerprint density at radius 1 is 0.700 bits per heavy atom. The molecule has 5 atom stereocenters. The van der Waals surface area contributed by atoms with Crippen LogP contribution in [0, 0.1) is 0 Å². The third-order valence-corrected chi connectivity index (χ3v) is 9.17. The zero-order valence-electron chi connectivity index (χ0n) is 33.0. The summed E-state index contributed by atoms with van der Waals surface area (Å²) in [6.45, 7) is 2.09. The fourth-order valence-corrected chi connectivity index (χ4v) is 5.93. The highest BCUT2D eigenvalue weighted by molar-refractivity contribution is 6.29. The molecule has 60 heavy (non-hydrogen) atoms. The molecule has 3 amide bonds. The lowest BCUT2D eigenvalue weighted by Gasteiger charge is -2.38. The summed E-state index contributed by atoms with van der Waals surface area (Å²) in [6.07, 6.45) is -3.36. The second-order valence-electron chi connectivity index (χ2n) is 13.7. The van der Waals surface area contributed by atoms with Gasteiger partial charge in [0.05, 0.1) is 33.0 Å². The van der Waals surface area contributed by atoms with Gasteiger partial charge in [-0.15, -0.1) is 0 Å². The van der Waals surface area contributed by atoms with Crippen LogP contribution in [-0.2, 0) is 76.8 Å². The molecule has 0 bridgehead atoms. The number of carboxylic acid groups (broad SMARTS) is 1. The van der Waals surface area contributed by atoms with Crippen molar-refractivity contribution in [1.82, 2.24) is 10.2 Å². The molecule has 0 radical (unpaired) electrons. The number of aliphatic carboxylic acids is 1. The number of hydrogen-bond donors (Lipinski definition) is 5. The Morgan fingerprint density at radius 3 is 2.03 bits per heavy atom. The molecule has 2 aliphatic heterocycles. The van der Waals surface area contributed by atoms with Gasteiger partial charge >= 0.3 is 17.9 Å². The van der Waals surface area contributed by atoms with E-state index in [4.69, 9.17) is 33.2 Å². The number of aliphatic hydroxyl groups is 3. The van der Waals surface area contributed by atoms with Crippen LogP contribution >= 0.6 is 0 Å². The fourth-order valence-electron chi connectivity index (χ4n) is 5.93. The largest absolute Gasteiger partial charge is 0.479 e. The molecule has 2 aliphatic rings. The van der Waals surface area contributed by atoms with Crippen LogP contribution in [0.1, 0.15) is 48.8 Å². The predicted molar refractivity (Wildman–Crippen MR) is 206 cm³/mol. The Balaban J connectivity index is 1.11. The van der Waals surface area contributed by atoms with Crippen LogP contribution in [0.15, 0.2) is 60.7 Å². The molecule has 0 spiro atoms. The summed E-state index contributed by atoms with van der Waals surface area (Å²) in [5, 5.41) is 42.9. The SMILES string of the molecule is O=C(CCCCCN1C(=O)C=CC1=O)NCCOCCOCCOCCCc1ccc(O[C@@H]2O[C@H](C(=O)O)[C@@H](O)[C@H](O)[C@H]2O)c(COC(=O)C(=O)OCc2ccccc2)c1. The number of aryl methyl sites for hydroxylation is 1. The second-order valence-corrected chi connectivity index (χ2v) is 13.7. The van der Waals surface area contributed by atoms with Crippen molar-refractivity contribution in [3.05, 3.63) is 77.4 Å². The third-order valence-electron chi connectivity index (χ3n) is 9.17. The van der Waals surface area contributed by atoms with E-state index in [0.717, 1.165) is 12.0 Å². The van der Waals surface area contributed by atoms with Gasteiger partial charge in [-0.2, -0.15) is 0 Å². The average Bonchev–Trinajstić information content (AvgIpc) is 3.56. The fraction of sp³-hybridized carbons (Fsp3) is 0.512. The Bertz CT molecular complexity index is 1740. The Hall–Kier alpha value is -5.28. The molecule has 4 rings (SSSR count). The van der Waals surface area contributed by atoms with Crippen LogP contribution < -0.4 is 10.1 Å². The summed E-state index contributed by atoms with van der Waals surface area (Å²) >= 11 is 0. The number of nitrogens with zero attached hydrogens (tertiary/aromatic N) is 1. The van der Waals surface area contributed by atoms with Crippen LogP contribution in [0.4, 0.5) is 0 Å². The zero-order valence-corrected chi connectivity index (χ0v) is 33.0. The molecule has 2 heterocycles. The second kappa shape index (κ2) is 25.4. The Labute approximate surface area is 346 Å². The normalized spacial score (nSPS) is 19.9. The summed E-state index contributed by atoms with van der Waals surface area (Å²) < 4.78 is 37.8. The number of nitrogens with one attached hydrogen (secondary N) is 1. The number of imide groups is 1. The van der Waals surface area contributed by atoms with Crippen molar-refractivity contribution in [3.63, 3.8) is 0 Å². The lowest BCUT2D eigenvalue weighted by Crippen LogP contribution is -2.61. The van der Waals surface area contributed by atoms with Crippen LogP contribution in [0.3, 0.4) is 0 Å². The van der Waals surface area contributed by atoms with Gasteiger partial charge in [-0.1, -0.05) is 42.8 Å². The van der Waals surface area contributed by atoms with Crippen molar-refractivity contribution in [1.29, 1.82) is 0 Å². The van der Waals surface area contributed by atoms with E-state index in [1.807, 2.05) is 0 Å². The first-order valence-electron chi connectivity index (χ1n) is 19.6. The van der Waals surface area contributed by atoms with Crippen LogP contribution in [0.5, 0.6) is 5.75 Å². The molecule has 0 unspecified atom stereocenters. The van der Waals surface area contributed by atoms with Gasteiger partial charge in [-0.25, -0.2) is 14.4 Å². The quantitative estimate of drug-likeness (QED) is 0.0370. The number of hydrogen-bond acceptors (Lipinski definition) is 16. The van der Waals surface area contributed by atoms with Crippen molar-refractivity contribution < 1.29 is 82.4 Å². The number of carbonyl (C=O) groups excluding carboxylic acids is 5. The number of esters is 2. The summed E-state index contributed by atoms with van der Waals surface area (Å²) in [5.41, 5.74) is 1.63. The van der Waals surface area contributed by atoms with Crippen molar-refractivity contribution >= 4 is 35.6 Å². The third kappa shape index (κ3) is 15.7. The molecule has 19 heteroatoms. The van der Waals surface area contributed by atoms with Crippen molar-refractivity contribution in [2.75, 3.05) is 52.7 Å². The molecular formula is C41H52N2O17. The number of amides is 3. The van der Waals surface area contributed by atoms with Crippen molar-refractivity contribution in [2.24, 2.45) is 0 Å². The smallest absolute Gasteiger partial charge is 0.417 e. The molecule has 2 aromatic rings. The molecule has 0 aliphatic carbocycles. The van der Waals surface area contributed by atoms with Crippen molar-refractivity contribution in [2.45, 2.75) is 82.4 Å². The molecular weight excluding hydrogens is 792 g/mol. The van der Waals surface area contributed by atoms with Gasteiger partial charge in [0.15, 0.2) is 6.10 Å². The van der Waals surface area contributed by atoms with E-state index in [9.17, 15) is 49.2 Å². The Kier molecular flexibility index (Phi) is 20.0. The van der Waals surface area contributed by atoms with E-state index in [2.05, 4.69) is 5.32 Å². The molecule has 0 aromatic heterocycles. The van der Waals surface area contributed by atoms with Crippen molar-refractivity contribution in [3.8, 4) is 5.75 Å². The van der Waals surface area contributed by atoms with E-state index in [-0.39, 0.29) is 35.6 Å². The number of benzene rings is 2. The lowest BCUT2D eigenvalue weighted by atomic mass is 9.99. The highest BCUT2D eigenvalue weighted by Gasteiger charge is 2.48.